The number of thiocarbonyl (C=S) groups is 1. The van der Waals surface area contributed by atoms with Crippen LogP contribution in [0.25, 0.3) is 0 Å². The van der Waals surface area contributed by atoms with Crippen LogP contribution in [0, 0.1) is 5.92 Å². The van der Waals surface area contributed by atoms with Crippen molar-refractivity contribution in [1.29, 1.82) is 0 Å². The number of benzene rings is 2. The minimum atomic E-state index is -0.409. The molecular weight excluding hydrogens is 422 g/mol. The van der Waals surface area contributed by atoms with E-state index in [1.165, 1.54) is 5.56 Å². The van der Waals surface area contributed by atoms with Crippen LogP contribution in [0.1, 0.15) is 43.4 Å². The third-order valence-corrected chi connectivity index (χ3v) is 6.51. The molecule has 0 spiro atoms. The average molecular weight is 450 g/mol. The van der Waals surface area contributed by atoms with Crippen molar-refractivity contribution in [2.24, 2.45) is 5.92 Å². The molecule has 1 saturated carbocycles. The Morgan fingerprint density at radius 3 is 2.47 bits per heavy atom. The van der Waals surface area contributed by atoms with E-state index in [4.69, 9.17) is 17.0 Å². The number of ether oxygens (including phenoxy) is 1. The lowest BCUT2D eigenvalue weighted by molar-refractivity contribution is -0.139. The molecule has 2 N–H and O–H groups in total. The predicted octanol–water partition coefficient (Wildman–Crippen LogP) is 4.13. The lowest BCUT2D eigenvalue weighted by Crippen LogP contribution is -2.46. The third-order valence-electron chi connectivity index (χ3n) is 6.12. The van der Waals surface area contributed by atoms with Crippen LogP contribution < -0.4 is 10.6 Å². The Kier molecular flexibility index (Phi) is 6.28. The summed E-state index contributed by atoms with van der Waals surface area (Å²) in [5, 5.41) is 6.78. The Bertz CT molecular complexity index is 1070. The van der Waals surface area contributed by atoms with Crippen LogP contribution >= 0.6 is 12.2 Å². The van der Waals surface area contributed by atoms with Crippen LogP contribution in [0.2, 0.25) is 0 Å². The number of rotatable bonds is 6. The maximum absolute atomic E-state index is 12.7. The van der Waals surface area contributed by atoms with E-state index >= 15 is 0 Å². The first-order valence-electron chi connectivity index (χ1n) is 10.8. The minimum absolute atomic E-state index is 0.00555. The molecule has 1 heterocycles. The van der Waals surface area contributed by atoms with Gasteiger partial charge in [0.1, 0.15) is 0 Å². The molecule has 1 aliphatic carbocycles. The lowest BCUT2D eigenvalue weighted by Gasteiger charge is -2.35. The fourth-order valence-corrected chi connectivity index (χ4v) is 4.36. The summed E-state index contributed by atoms with van der Waals surface area (Å²) in [6.07, 6.45) is 0.873. The first-order valence-corrected chi connectivity index (χ1v) is 11.2. The summed E-state index contributed by atoms with van der Waals surface area (Å²) in [5.41, 5.74) is 4.10. The second-order valence-corrected chi connectivity index (χ2v) is 8.52. The van der Waals surface area contributed by atoms with Crippen molar-refractivity contribution in [2.45, 2.75) is 32.2 Å². The van der Waals surface area contributed by atoms with Crippen molar-refractivity contribution in [2.75, 3.05) is 19.0 Å². The summed E-state index contributed by atoms with van der Waals surface area (Å²) in [6, 6.07) is 17.2. The number of nitrogens with one attached hydrogen (secondary N) is 2. The molecule has 0 aromatic heterocycles. The van der Waals surface area contributed by atoms with E-state index < -0.39 is 6.04 Å². The van der Waals surface area contributed by atoms with Gasteiger partial charge in [0.25, 0.3) is 0 Å². The molecule has 3 atom stereocenters. The van der Waals surface area contributed by atoms with Gasteiger partial charge in [-0.3, -0.25) is 4.79 Å². The van der Waals surface area contributed by atoms with Crippen LogP contribution in [0.3, 0.4) is 0 Å². The first-order chi connectivity index (χ1) is 15.4. The quantitative estimate of drug-likeness (QED) is 0.511. The monoisotopic (exact) mass is 449 g/mol. The van der Waals surface area contributed by atoms with Crippen LogP contribution in [0.4, 0.5) is 5.69 Å². The van der Waals surface area contributed by atoms with E-state index in [-0.39, 0.29) is 17.8 Å². The highest BCUT2D eigenvalue weighted by Gasteiger charge is 2.43. The molecule has 4 rings (SSSR count). The van der Waals surface area contributed by atoms with Crippen molar-refractivity contribution < 1.29 is 14.3 Å². The number of carbonyl (C=O) groups excluding carboxylic acids is 2. The average Bonchev–Trinajstić information content (AvgIpc) is 3.60. The van der Waals surface area contributed by atoms with Gasteiger partial charge in [-0.15, -0.1) is 0 Å². The number of hydrogen-bond acceptors (Lipinski definition) is 4. The maximum atomic E-state index is 12.7. The summed E-state index contributed by atoms with van der Waals surface area (Å²) >= 11 is 5.43. The first kappa shape index (κ1) is 22.0. The number of hydrogen-bond donors (Lipinski definition) is 2. The fourth-order valence-electron chi connectivity index (χ4n) is 4.11. The van der Waals surface area contributed by atoms with Gasteiger partial charge in [-0.25, -0.2) is 4.79 Å². The van der Waals surface area contributed by atoms with Gasteiger partial charge in [0.2, 0.25) is 5.91 Å². The number of amides is 1. The number of esters is 1. The molecule has 0 radical (unpaired) electrons. The smallest absolute Gasteiger partial charge is 0.338 e. The highest BCUT2D eigenvalue weighted by molar-refractivity contribution is 7.80. The molecule has 166 valence electrons. The standard InChI is InChI=1S/C25H27N3O3S/c1-4-31-24(30)21-15(2)28(3)25(32)27-22(21)17-10-12-18(13-11-17)26-23(29)20-14-19(20)16-8-6-5-7-9-16/h5-13,19-20,22H,4,14H2,1-3H3,(H,26,29)(H,27,32). The maximum Gasteiger partial charge on any atom is 0.338 e. The van der Waals surface area contributed by atoms with Crippen molar-refractivity contribution >= 4 is 34.9 Å². The highest BCUT2D eigenvalue weighted by Crippen LogP contribution is 2.47. The van der Waals surface area contributed by atoms with Gasteiger partial charge >= 0.3 is 5.97 Å². The molecule has 1 amide bonds. The number of anilines is 1. The summed E-state index contributed by atoms with van der Waals surface area (Å²) < 4.78 is 5.28. The Morgan fingerprint density at radius 2 is 1.81 bits per heavy atom. The molecule has 6 nitrogen and oxygen atoms in total. The van der Waals surface area contributed by atoms with Gasteiger partial charge in [0, 0.05) is 24.4 Å². The van der Waals surface area contributed by atoms with Crippen molar-refractivity contribution in [3.63, 3.8) is 0 Å². The number of carbonyl (C=O) groups is 2. The van der Waals surface area contributed by atoms with E-state index in [9.17, 15) is 9.59 Å². The lowest BCUT2D eigenvalue weighted by atomic mass is 9.95. The zero-order valence-corrected chi connectivity index (χ0v) is 19.2. The Hall–Kier alpha value is -3.19. The van der Waals surface area contributed by atoms with Crippen molar-refractivity contribution in [1.82, 2.24) is 10.2 Å². The summed E-state index contributed by atoms with van der Waals surface area (Å²) in [6.45, 7) is 3.94. The predicted molar refractivity (Wildman–Crippen MR) is 128 cm³/mol. The van der Waals surface area contributed by atoms with Crippen molar-refractivity contribution in [3.8, 4) is 0 Å². The van der Waals surface area contributed by atoms with Crippen LogP contribution in [0.15, 0.2) is 65.9 Å². The third kappa shape index (κ3) is 4.39. The van der Waals surface area contributed by atoms with Gasteiger partial charge in [-0.05, 0) is 61.7 Å². The molecule has 1 fully saturated rings. The van der Waals surface area contributed by atoms with E-state index in [1.807, 2.05) is 56.4 Å². The molecule has 2 aromatic carbocycles. The number of nitrogens with zero attached hydrogens (tertiary/aromatic N) is 1. The molecule has 3 unspecified atom stereocenters. The Labute approximate surface area is 193 Å². The van der Waals surface area contributed by atoms with Gasteiger partial charge in [-0.1, -0.05) is 42.5 Å². The molecule has 1 aliphatic heterocycles. The van der Waals surface area contributed by atoms with Gasteiger partial charge in [-0.2, -0.15) is 0 Å². The second kappa shape index (κ2) is 9.12. The zero-order valence-electron chi connectivity index (χ0n) is 18.4. The van der Waals surface area contributed by atoms with Crippen LogP contribution in [-0.2, 0) is 14.3 Å². The van der Waals surface area contributed by atoms with Gasteiger partial charge < -0.3 is 20.3 Å². The normalized spacial score (nSPS) is 22.3. The molecular formula is C25H27N3O3S. The molecule has 2 aliphatic rings. The Balaban J connectivity index is 1.47. The molecule has 0 bridgehead atoms. The number of allylic oxidation sites excluding steroid dienone is 1. The SMILES string of the molecule is CCOC(=O)C1=C(C)N(C)C(=S)NC1c1ccc(NC(=O)C2CC2c2ccccc2)cc1. The van der Waals surface area contributed by atoms with Gasteiger partial charge in [0.05, 0.1) is 18.2 Å². The Morgan fingerprint density at radius 1 is 1.12 bits per heavy atom. The molecule has 7 heteroatoms. The van der Waals surface area contributed by atoms with Crippen LogP contribution in [0.5, 0.6) is 0 Å². The second-order valence-electron chi connectivity index (χ2n) is 8.13. The van der Waals surface area contributed by atoms with E-state index in [0.717, 1.165) is 23.4 Å². The topological polar surface area (TPSA) is 70.7 Å². The summed E-state index contributed by atoms with van der Waals surface area (Å²) in [4.78, 5) is 27.1. The summed E-state index contributed by atoms with van der Waals surface area (Å²) in [7, 11) is 1.82. The van der Waals surface area contributed by atoms with Crippen molar-refractivity contribution in [3.05, 3.63) is 77.0 Å². The fraction of sp³-hybridized carbons (Fsp3) is 0.320. The zero-order chi connectivity index (χ0) is 22.8. The van der Waals surface area contributed by atoms with E-state index in [2.05, 4.69) is 22.8 Å². The minimum Gasteiger partial charge on any atom is -0.463 e. The summed E-state index contributed by atoms with van der Waals surface area (Å²) in [5.74, 6) is -0.0331. The van der Waals surface area contributed by atoms with E-state index in [1.54, 1.807) is 11.8 Å². The molecule has 32 heavy (non-hydrogen) atoms. The molecule has 2 aromatic rings. The molecule has 0 saturated heterocycles. The van der Waals surface area contributed by atoms with Gasteiger partial charge in [0.15, 0.2) is 5.11 Å². The van der Waals surface area contributed by atoms with Crippen LogP contribution in [-0.4, -0.2) is 35.5 Å². The largest absolute Gasteiger partial charge is 0.463 e. The van der Waals surface area contributed by atoms with E-state index in [0.29, 0.717) is 23.2 Å². The highest BCUT2D eigenvalue weighted by atomic mass is 32.1.